The first-order chi connectivity index (χ1) is 20.9. The van der Waals surface area contributed by atoms with Crippen LogP contribution in [0.5, 0.6) is 5.75 Å². The number of para-hydroxylation sites is 1. The van der Waals surface area contributed by atoms with E-state index in [0.717, 1.165) is 27.7 Å². The van der Waals surface area contributed by atoms with Gasteiger partial charge in [0.2, 0.25) is 5.91 Å². The number of fused-ring (bicyclic) bond motifs is 1. The van der Waals surface area contributed by atoms with Crippen molar-refractivity contribution in [1.82, 2.24) is 20.5 Å². The van der Waals surface area contributed by atoms with Gasteiger partial charge < -0.3 is 35.5 Å². The van der Waals surface area contributed by atoms with E-state index in [9.17, 15) is 14.0 Å². The molecule has 0 radical (unpaired) electrons. The summed E-state index contributed by atoms with van der Waals surface area (Å²) in [6.07, 6.45) is 1.91. The highest BCUT2D eigenvalue weighted by Gasteiger charge is 2.32. The van der Waals surface area contributed by atoms with Gasteiger partial charge in [-0.2, -0.15) is 0 Å². The van der Waals surface area contributed by atoms with E-state index in [-0.39, 0.29) is 23.7 Å². The highest BCUT2D eigenvalue weighted by Crippen LogP contribution is 2.31. The summed E-state index contributed by atoms with van der Waals surface area (Å²) in [5, 5.41) is 10.2. The Morgan fingerprint density at radius 1 is 1.02 bits per heavy atom. The van der Waals surface area contributed by atoms with Gasteiger partial charge in [0.05, 0.1) is 12.3 Å². The van der Waals surface area contributed by atoms with E-state index < -0.39 is 6.04 Å². The molecule has 226 valence electrons. The van der Waals surface area contributed by atoms with E-state index >= 15 is 0 Å². The van der Waals surface area contributed by atoms with Crippen LogP contribution in [0.1, 0.15) is 30.9 Å². The minimum Gasteiger partial charge on any atom is -0.492 e. The maximum absolute atomic E-state index is 14.0. The minimum atomic E-state index is -0.871. The third-order valence-electron chi connectivity index (χ3n) is 7.91. The number of ether oxygens (including phenoxy) is 1. The molecule has 0 aliphatic carbocycles. The Kier molecular flexibility index (Phi) is 9.46. The second-order valence-corrected chi connectivity index (χ2v) is 10.7. The van der Waals surface area contributed by atoms with Gasteiger partial charge in [-0.15, -0.1) is 0 Å². The zero-order valence-corrected chi connectivity index (χ0v) is 24.8. The number of amides is 3. The molecule has 10 heteroatoms. The van der Waals surface area contributed by atoms with Crippen LogP contribution in [0.4, 0.5) is 20.6 Å². The summed E-state index contributed by atoms with van der Waals surface area (Å²) in [4.78, 5) is 34.8. The number of carbonyl (C=O) groups excluding carboxylic acids is 2. The summed E-state index contributed by atoms with van der Waals surface area (Å²) >= 11 is 0. The lowest BCUT2D eigenvalue weighted by molar-refractivity contribution is -0.118. The maximum atomic E-state index is 14.0. The first-order valence-electron chi connectivity index (χ1n) is 14.7. The molecule has 9 nitrogen and oxygen atoms in total. The average molecular weight is 587 g/mol. The predicted molar refractivity (Wildman–Crippen MR) is 168 cm³/mol. The number of hydrogen-bond donors (Lipinski definition) is 4. The van der Waals surface area contributed by atoms with Gasteiger partial charge in [-0.3, -0.25) is 4.79 Å². The van der Waals surface area contributed by atoms with Crippen LogP contribution in [-0.2, 0) is 11.3 Å². The van der Waals surface area contributed by atoms with Crippen LogP contribution in [0.25, 0.3) is 10.9 Å². The van der Waals surface area contributed by atoms with Crippen molar-refractivity contribution in [3.8, 4) is 5.75 Å². The number of carbonyl (C=O) groups is 2. The molecule has 5 rings (SSSR count). The largest absolute Gasteiger partial charge is 0.492 e. The van der Waals surface area contributed by atoms with Gasteiger partial charge in [-0.25, -0.2) is 9.18 Å². The molecule has 1 fully saturated rings. The number of H-pyrrole nitrogens is 1. The molecular weight excluding hydrogens is 547 g/mol. The molecule has 4 aromatic rings. The van der Waals surface area contributed by atoms with E-state index in [2.05, 4.69) is 25.8 Å². The number of hydrogen-bond acceptors (Lipinski definition) is 5. The molecule has 0 unspecified atom stereocenters. The molecule has 2 atom stereocenters. The lowest BCUT2D eigenvalue weighted by Gasteiger charge is -2.37. The molecule has 3 amide bonds. The van der Waals surface area contributed by atoms with Gasteiger partial charge in [0.25, 0.3) is 0 Å². The fourth-order valence-electron chi connectivity index (χ4n) is 5.59. The van der Waals surface area contributed by atoms with Gasteiger partial charge in [0, 0.05) is 61.4 Å². The van der Waals surface area contributed by atoms with Crippen LogP contribution in [0.3, 0.4) is 0 Å². The lowest BCUT2D eigenvalue weighted by Crippen LogP contribution is -2.56. The van der Waals surface area contributed by atoms with Crippen molar-refractivity contribution in [1.29, 1.82) is 0 Å². The molecule has 2 heterocycles. The lowest BCUT2D eigenvalue weighted by atomic mass is 9.92. The number of anilines is 2. The standard InChI is InChI=1S/C33H39FN6O3/c1-4-43-30-14-9-23(20-35-3)19-29(30)37-32(41)31(22(2)27-21-36-28-8-6-5-7-26(27)28)38-33(42)40-17-15-39(16-18-40)25-12-10-24(34)11-13-25/h5-14,19,21-22,31,35-36H,4,15-18,20H2,1-3H3,(H,37,41)(H,38,42)/t22-,31+/m0/s1. The number of nitrogens with one attached hydrogen (secondary N) is 4. The van der Waals surface area contributed by atoms with E-state index in [1.807, 2.05) is 69.6 Å². The Hall–Kier alpha value is -4.57. The molecule has 0 saturated carbocycles. The second kappa shape index (κ2) is 13.6. The number of benzene rings is 3. The van der Waals surface area contributed by atoms with Crippen molar-refractivity contribution >= 4 is 34.2 Å². The molecular formula is C33H39FN6O3. The number of urea groups is 1. The quantitative estimate of drug-likeness (QED) is 0.208. The highest BCUT2D eigenvalue weighted by atomic mass is 19.1. The van der Waals surface area contributed by atoms with Crippen LogP contribution < -0.4 is 25.6 Å². The van der Waals surface area contributed by atoms with Crippen molar-refractivity contribution < 1.29 is 18.7 Å². The SMILES string of the molecule is CCOc1ccc(CNC)cc1NC(=O)[C@H](NC(=O)N1CCN(c2ccc(F)cc2)CC1)[C@@H](C)c1c[nH]c2ccccc12. The third-order valence-corrected chi connectivity index (χ3v) is 7.91. The van der Waals surface area contributed by atoms with Crippen molar-refractivity contribution in [3.63, 3.8) is 0 Å². The molecule has 1 aliphatic heterocycles. The normalized spacial score (nSPS) is 14.8. The molecule has 0 bridgehead atoms. The van der Waals surface area contributed by atoms with Crippen LogP contribution in [-0.4, -0.2) is 67.7 Å². The fraction of sp³-hybridized carbons (Fsp3) is 0.333. The van der Waals surface area contributed by atoms with Crippen LogP contribution in [0.2, 0.25) is 0 Å². The van der Waals surface area contributed by atoms with Crippen molar-refractivity contribution in [2.24, 2.45) is 0 Å². The smallest absolute Gasteiger partial charge is 0.318 e. The molecule has 1 aromatic heterocycles. The monoisotopic (exact) mass is 586 g/mol. The van der Waals surface area contributed by atoms with Gasteiger partial charge in [0.1, 0.15) is 17.6 Å². The van der Waals surface area contributed by atoms with E-state index in [1.54, 1.807) is 17.0 Å². The minimum absolute atomic E-state index is 0.280. The highest BCUT2D eigenvalue weighted by molar-refractivity contribution is 5.99. The van der Waals surface area contributed by atoms with E-state index in [0.29, 0.717) is 50.8 Å². The zero-order chi connectivity index (χ0) is 30.3. The Balaban J connectivity index is 1.37. The number of aromatic nitrogens is 1. The Labute approximate surface area is 251 Å². The molecule has 0 spiro atoms. The van der Waals surface area contributed by atoms with Gasteiger partial charge in [-0.05, 0) is 67.6 Å². The Bertz CT molecular complexity index is 1550. The summed E-state index contributed by atoms with van der Waals surface area (Å²) in [5.41, 5.74) is 4.36. The maximum Gasteiger partial charge on any atom is 0.318 e. The summed E-state index contributed by atoms with van der Waals surface area (Å²) in [5.74, 6) is -0.398. The first-order valence-corrected chi connectivity index (χ1v) is 14.7. The van der Waals surface area contributed by atoms with Crippen LogP contribution in [0.15, 0.2) is 72.9 Å². The van der Waals surface area contributed by atoms with Crippen molar-refractivity contribution in [2.75, 3.05) is 50.1 Å². The van der Waals surface area contributed by atoms with Crippen molar-refractivity contribution in [2.45, 2.75) is 32.4 Å². The predicted octanol–water partition coefficient (Wildman–Crippen LogP) is 5.07. The second-order valence-electron chi connectivity index (χ2n) is 10.7. The van der Waals surface area contributed by atoms with Gasteiger partial charge >= 0.3 is 6.03 Å². The Morgan fingerprint density at radius 3 is 2.49 bits per heavy atom. The molecule has 4 N–H and O–H groups in total. The molecule has 1 saturated heterocycles. The number of piperazine rings is 1. The van der Waals surface area contributed by atoms with E-state index in [4.69, 9.17) is 4.74 Å². The van der Waals surface area contributed by atoms with Gasteiger partial charge in [0.15, 0.2) is 0 Å². The number of halogens is 1. The number of rotatable bonds is 10. The average Bonchev–Trinajstić information content (AvgIpc) is 3.46. The van der Waals surface area contributed by atoms with Crippen molar-refractivity contribution in [3.05, 3.63) is 89.9 Å². The summed E-state index contributed by atoms with van der Waals surface area (Å²) in [7, 11) is 1.86. The summed E-state index contributed by atoms with van der Waals surface area (Å²) in [6.45, 7) is 7.07. The molecule has 1 aliphatic rings. The van der Waals surface area contributed by atoms with E-state index in [1.165, 1.54) is 12.1 Å². The van der Waals surface area contributed by atoms with Crippen LogP contribution >= 0.6 is 0 Å². The van der Waals surface area contributed by atoms with Gasteiger partial charge in [-0.1, -0.05) is 31.2 Å². The summed E-state index contributed by atoms with van der Waals surface area (Å²) < 4.78 is 19.2. The first kappa shape index (κ1) is 29.9. The third kappa shape index (κ3) is 6.91. The topological polar surface area (TPSA) is 102 Å². The van der Waals surface area contributed by atoms with Crippen LogP contribution in [0, 0.1) is 5.82 Å². The molecule has 43 heavy (non-hydrogen) atoms. The fourth-order valence-corrected chi connectivity index (χ4v) is 5.59. The number of aromatic amines is 1. The molecule has 3 aromatic carbocycles. The summed E-state index contributed by atoms with van der Waals surface area (Å²) in [6, 6.07) is 18.8. The zero-order valence-electron chi connectivity index (χ0n) is 24.8. The number of nitrogens with zero attached hydrogens (tertiary/aromatic N) is 2. The Morgan fingerprint density at radius 2 is 1.77 bits per heavy atom.